The van der Waals surface area contributed by atoms with E-state index in [1.807, 2.05) is 35.2 Å². The quantitative estimate of drug-likeness (QED) is 0.637. The highest BCUT2D eigenvalue weighted by atomic mass is 16.2. The average molecular weight is 412 g/mol. The second-order valence-electron chi connectivity index (χ2n) is 8.53. The van der Waals surface area contributed by atoms with E-state index >= 15 is 0 Å². The van der Waals surface area contributed by atoms with Crippen LogP contribution in [0.25, 0.3) is 0 Å². The number of rotatable bonds is 5. The Bertz CT molecular complexity index is 939. The lowest BCUT2D eigenvalue weighted by Crippen LogP contribution is -2.63. The van der Waals surface area contributed by atoms with Crippen LogP contribution in [-0.4, -0.2) is 65.9 Å². The molecule has 0 aliphatic carbocycles. The number of nitrogens with zero attached hydrogens (tertiary/aromatic N) is 3. The molecule has 5 rings (SSSR count). The third-order valence-electron chi connectivity index (χ3n) is 6.62. The molecule has 0 N–H and O–H groups in total. The van der Waals surface area contributed by atoms with Crippen LogP contribution in [-0.2, 0) is 0 Å². The van der Waals surface area contributed by atoms with Gasteiger partial charge in [0.1, 0.15) is 0 Å². The van der Waals surface area contributed by atoms with Crippen molar-refractivity contribution in [1.82, 2.24) is 14.7 Å². The summed E-state index contributed by atoms with van der Waals surface area (Å²) in [6, 6.07) is 32.1. The van der Waals surface area contributed by atoms with Crippen LogP contribution in [0.2, 0.25) is 0 Å². The summed E-state index contributed by atoms with van der Waals surface area (Å²) in [5.74, 6) is 0.156. The van der Waals surface area contributed by atoms with Crippen molar-refractivity contribution < 1.29 is 4.79 Å². The third-order valence-corrected chi connectivity index (χ3v) is 6.62. The minimum Gasteiger partial charge on any atom is -0.336 e. The number of hydrogen-bond donors (Lipinski definition) is 0. The molecule has 2 heterocycles. The number of likely N-dealkylation sites (tertiary alicyclic amines) is 1. The Balaban J connectivity index is 1.20. The second-order valence-corrected chi connectivity index (χ2v) is 8.53. The van der Waals surface area contributed by atoms with E-state index in [-0.39, 0.29) is 5.91 Å². The highest BCUT2D eigenvalue weighted by molar-refractivity contribution is 5.94. The number of carbonyl (C=O) groups is 1. The van der Waals surface area contributed by atoms with E-state index in [9.17, 15) is 4.79 Å². The fourth-order valence-electron chi connectivity index (χ4n) is 4.87. The maximum absolute atomic E-state index is 12.7. The molecule has 0 bridgehead atoms. The third kappa shape index (κ3) is 4.27. The molecule has 4 nitrogen and oxygen atoms in total. The molecule has 158 valence electrons. The van der Waals surface area contributed by atoms with Gasteiger partial charge in [0.15, 0.2) is 0 Å². The van der Waals surface area contributed by atoms with Gasteiger partial charge >= 0.3 is 0 Å². The minimum absolute atomic E-state index is 0.156. The Hall–Kier alpha value is -2.95. The van der Waals surface area contributed by atoms with Gasteiger partial charge in [-0.15, -0.1) is 0 Å². The van der Waals surface area contributed by atoms with Gasteiger partial charge < -0.3 is 4.90 Å². The van der Waals surface area contributed by atoms with Crippen LogP contribution >= 0.6 is 0 Å². The van der Waals surface area contributed by atoms with E-state index < -0.39 is 0 Å². The van der Waals surface area contributed by atoms with Crippen molar-refractivity contribution in [2.75, 3.05) is 39.3 Å². The van der Waals surface area contributed by atoms with Gasteiger partial charge in [0.25, 0.3) is 5.91 Å². The van der Waals surface area contributed by atoms with Gasteiger partial charge in [-0.1, -0.05) is 78.9 Å². The smallest absolute Gasteiger partial charge is 0.253 e. The Morgan fingerprint density at radius 3 is 1.68 bits per heavy atom. The number of carbonyl (C=O) groups excluding carboxylic acids is 1. The maximum Gasteiger partial charge on any atom is 0.253 e. The van der Waals surface area contributed by atoms with Crippen molar-refractivity contribution in [3.8, 4) is 0 Å². The Labute approximate surface area is 184 Å². The fourth-order valence-corrected chi connectivity index (χ4v) is 4.87. The lowest BCUT2D eigenvalue weighted by atomic mass is 9.92. The van der Waals surface area contributed by atoms with Gasteiger partial charge in [-0.25, -0.2) is 0 Å². The zero-order valence-electron chi connectivity index (χ0n) is 17.8. The summed E-state index contributed by atoms with van der Waals surface area (Å²) in [7, 11) is 0. The normalized spacial score (nSPS) is 18.2. The van der Waals surface area contributed by atoms with Gasteiger partial charge in [-0.3, -0.25) is 14.6 Å². The highest BCUT2D eigenvalue weighted by Gasteiger charge is 2.38. The molecule has 3 aromatic rings. The summed E-state index contributed by atoms with van der Waals surface area (Å²) in [4.78, 5) is 19.9. The predicted octanol–water partition coefficient (Wildman–Crippen LogP) is 3.92. The summed E-state index contributed by atoms with van der Waals surface area (Å²) < 4.78 is 0. The molecule has 0 atom stereocenters. The largest absolute Gasteiger partial charge is 0.336 e. The average Bonchev–Trinajstić information content (AvgIpc) is 2.82. The van der Waals surface area contributed by atoms with Crippen LogP contribution in [0.4, 0.5) is 0 Å². The van der Waals surface area contributed by atoms with Crippen molar-refractivity contribution in [2.45, 2.75) is 12.1 Å². The molecular formula is C27H29N3O. The molecule has 2 saturated heterocycles. The van der Waals surface area contributed by atoms with Crippen LogP contribution in [0, 0.1) is 0 Å². The van der Waals surface area contributed by atoms with Gasteiger partial charge in [0.2, 0.25) is 0 Å². The molecule has 2 aliphatic heterocycles. The lowest BCUT2D eigenvalue weighted by molar-refractivity contribution is -0.00734. The first-order chi connectivity index (χ1) is 15.3. The molecule has 0 radical (unpaired) electrons. The second kappa shape index (κ2) is 9.04. The zero-order valence-corrected chi connectivity index (χ0v) is 17.8. The maximum atomic E-state index is 12.7. The van der Waals surface area contributed by atoms with Crippen LogP contribution in [0.5, 0.6) is 0 Å². The first-order valence-corrected chi connectivity index (χ1v) is 11.2. The first kappa shape index (κ1) is 20.0. The predicted molar refractivity (Wildman–Crippen MR) is 124 cm³/mol. The molecule has 0 aromatic heterocycles. The van der Waals surface area contributed by atoms with Crippen molar-refractivity contribution in [3.05, 3.63) is 108 Å². The molecule has 0 unspecified atom stereocenters. The molecule has 0 spiro atoms. The summed E-state index contributed by atoms with van der Waals surface area (Å²) in [6.07, 6.45) is 0. The molecule has 31 heavy (non-hydrogen) atoms. The number of hydrogen-bond acceptors (Lipinski definition) is 3. The Morgan fingerprint density at radius 1 is 0.677 bits per heavy atom. The van der Waals surface area contributed by atoms with Gasteiger partial charge in [-0.05, 0) is 23.3 Å². The van der Waals surface area contributed by atoms with Crippen LogP contribution < -0.4 is 0 Å². The van der Waals surface area contributed by atoms with E-state index in [0.29, 0.717) is 12.1 Å². The summed E-state index contributed by atoms with van der Waals surface area (Å²) in [5.41, 5.74) is 3.50. The lowest BCUT2D eigenvalue weighted by Gasteiger charge is -2.51. The first-order valence-electron chi connectivity index (χ1n) is 11.2. The summed E-state index contributed by atoms with van der Waals surface area (Å²) >= 11 is 0. The molecule has 2 fully saturated rings. The molecule has 4 heteroatoms. The van der Waals surface area contributed by atoms with E-state index in [0.717, 1.165) is 44.8 Å². The minimum atomic E-state index is 0.156. The summed E-state index contributed by atoms with van der Waals surface area (Å²) in [6.45, 7) is 5.68. The Kier molecular flexibility index (Phi) is 5.83. The SMILES string of the molecule is O=C(c1ccccc1)N1CCN(C2CN(C(c3ccccc3)c3ccccc3)C2)CC1. The number of piperazine rings is 1. The van der Waals surface area contributed by atoms with Crippen LogP contribution in [0.1, 0.15) is 27.5 Å². The molecule has 3 aromatic carbocycles. The Morgan fingerprint density at radius 2 is 1.16 bits per heavy atom. The zero-order chi connectivity index (χ0) is 21.0. The van der Waals surface area contributed by atoms with E-state index in [2.05, 4.69) is 70.5 Å². The van der Waals surface area contributed by atoms with Crippen molar-refractivity contribution in [3.63, 3.8) is 0 Å². The van der Waals surface area contributed by atoms with E-state index in [4.69, 9.17) is 0 Å². The van der Waals surface area contributed by atoms with Crippen molar-refractivity contribution in [1.29, 1.82) is 0 Å². The number of benzene rings is 3. The van der Waals surface area contributed by atoms with Gasteiger partial charge in [-0.2, -0.15) is 0 Å². The van der Waals surface area contributed by atoms with Crippen molar-refractivity contribution in [2.24, 2.45) is 0 Å². The standard InChI is InChI=1S/C27H29N3O/c31-27(24-14-8-3-9-15-24)29-18-16-28(17-19-29)25-20-30(21-25)26(22-10-4-1-5-11-22)23-12-6-2-7-13-23/h1-15,25-26H,16-21H2. The fraction of sp³-hybridized carbons (Fsp3) is 0.296. The molecule has 0 saturated carbocycles. The molecular weight excluding hydrogens is 382 g/mol. The monoisotopic (exact) mass is 411 g/mol. The van der Waals surface area contributed by atoms with Gasteiger partial charge in [0.05, 0.1) is 6.04 Å². The van der Waals surface area contributed by atoms with Crippen molar-refractivity contribution >= 4 is 5.91 Å². The molecule has 1 amide bonds. The van der Waals surface area contributed by atoms with Gasteiger partial charge in [0, 0.05) is 50.9 Å². The number of amides is 1. The topological polar surface area (TPSA) is 26.8 Å². The van der Waals surface area contributed by atoms with E-state index in [1.165, 1.54) is 11.1 Å². The highest BCUT2D eigenvalue weighted by Crippen LogP contribution is 2.33. The molecule has 2 aliphatic rings. The summed E-state index contributed by atoms with van der Waals surface area (Å²) in [5, 5.41) is 0. The van der Waals surface area contributed by atoms with Crippen LogP contribution in [0.3, 0.4) is 0 Å². The van der Waals surface area contributed by atoms with Crippen LogP contribution in [0.15, 0.2) is 91.0 Å². The van der Waals surface area contributed by atoms with E-state index in [1.54, 1.807) is 0 Å².